The average Bonchev–Trinajstić information content (AvgIpc) is 3.57. The van der Waals surface area contributed by atoms with Crippen LogP contribution in [-0.4, -0.2) is 102 Å². The first-order chi connectivity index (χ1) is 21.1. The number of rotatable bonds is 5. The van der Waals surface area contributed by atoms with Crippen molar-refractivity contribution in [2.45, 2.75) is 148 Å². The Morgan fingerprint density at radius 2 is 1.69 bits per heavy atom. The highest BCUT2D eigenvalue weighted by atomic mass is 16.7. The van der Waals surface area contributed by atoms with Crippen LogP contribution in [0.3, 0.4) is 0 Å². The molecule has 0 aromatic carbocycles. The first-order valence-electron chi connectivity index (χ1n) is 18.4. The van der Waals surface area contributed by atoms with E-state index in [-0.39, 0.29) is 40.7 Å². The summed E-state index contributed by atoms with van der Waals surface area (Å²) in [4.78, 5) is 2.50. The topological polar surface area (TPSA) is 101 Å². The maximum atomic E-state index is 12.4. The van der Waals surface area contributed by atoms with Gasteiger partial charge in [-0.3, -0.25) is 4.90 Å². The molecule has 3 saturated heterocycles. The molecule has 2 spiro atoms. The number of ether oxygens (including phenoxy) is 4. The van der Waals surface area contributed by atoms with E-state index in [1.54, 1.807) is 13.8 Å². The van der Waals surface area contributed by atoms with Gasteiger partial charge in [-0.2, -0.15) is 0 Å². The largest absolute Gasteiger partial charge is 0.390 e. The zero-order valence-electron chi connectivity index (χ0n) is 29.0. The van der Waals surface area contributed by atoms with Gasteiger partial charge in [0.05, 0.1) is 62.4 Å². The first kappa shape index (κ1) is 31.9. The van der Waals surface area contributed by atoms with E-state index < -0.39 is 23.9 Å². The van der Waals surface area contributed by atoms with Crippen LogP contribution >= 0.6 is 0 Å². The van der Waals surface area contributed by atoms with Crippen LogP contribution in [0.2, 0.25) is 0 Å². The minimum absolute atomic E-state index is 0.0147. The van der Waals surface area contributed by atoms with Gasteiger partial charge in [0.2, 0.25) is 0 Å². The van der Waals surface area contributed by atoms with E-state index in [0.717, 1.165) is 58.6 Å². The van der Waals surface area contributed by atoms with E-state index in [4.69, 9.17) is 18.9 Å². The second-order valence-corrected chi connectivity index (χ2v) is 18.8. The van der Waals surface area contributed by atoms with Crippen LogP contribution in [0.1, 0.15) is 99.8 Å². The van der Waals surface area contributed by atoms with Crippen LogP contribution in [0, 0.1) is 50.7 Å². The van der Waals surface area contributed by atoms with Crippen LogP contribution in [-0.2, 0) is 18.9 Å². The summed E-state index contributed by atoms with van der Waals surface area (Å²) < 4.78 is 25.2. The molecule has 8 nitrogen and oxygen atoms in total. The van der Waals surface area contributed by atoms with Crippen molar-refractivity contribution >= 4 is 0 Å². The van der Waals surface area contributed by atoms with Crippen molar-refractivity contribution in [3.05, 3.63) is 0 Å². The Bertz CT molecular complexity index is 1170. The number of aliphatic hydroxyl groups excluding tert-OH is 2. The summed E-state index contributed by atoms with van der Waals surface area (Å²) in [6.45, 7) is 19.7. The summed E-state index contributed by atoms with van der Waals surface area (Å²) in [5.41, 5.74) is -0.794. The monoisotopic (exact) mass is 631 g/mol. The molecule has 0 aromatic heterocycles. The molecule has 8 aliphatic rings. The molecule has 3 N–H and O–H groups in total. The lowest BCUT2D eigenvalue weighted by Crippen LogP contribution is -2.60. The van der Waals surface area contributed by atoms with Gasteiger partial charge in [-0.1, -0.05) is 34.6 Å². The molecule has 45 heavy (non-hydrogen) atoms. The summed E-state index contributed by atoms with van der Waals surface area (Å²) in [7, 11) is 0. The molecule has 3 heterocycles. The summed E-state index contributed by atoms with van der Waals surface area (Å²) in [6.07, 6.45) is 6.81. The van der Waals surface area contributed by atoms with E-state index in [9.17, 15) is 15.3 Å². The van der Waals surface area contributed by atoms with Crippen LogP contribution in [0.4, 0.5) is 0 Å². The van der Waals surface area contributed by atoms with Crippen molar-refractivity contribution in [2.75, 3.05) is 32.9 Å². The lowest BCUT2D eigenvalue weighted by molar-refractivity contribution is -0.256. The van der Waals surface area contributed by atoms with Gasteiger partial charge in [0.15, 0.2) is 6.29 Å². The zero-order chi connectivity index (χ0) is 31.9. The average molecular weight is 632 g/mol. The maximum absolute atomic E-state index is 12.4. The van der Waals surface area contributed by atoms with Crippen LogP contribution < -0.4 is 0 Å². The molecular formula is C37H61NO7. The Hall–Kier alpha value is -0.320. The third-order valence-electron chi connectivity index (χ3n) is 16.4. The predicted molar refractivity (Wildman–Crippen MR) is 169 cm³/mol. The summed E-state index contributed by atoms with van der Waals surface area (Å²) in [5, 5.41) is 34.1. The number of hydrogen-bond acceptors (Lipinski definition) is 8. The van der Waals surface area contributed by atoms with Crippen molar-refractivity contribution < 1.29 is 34.3 Å². The minimum Gasteiger partial charge on any atom is -0.390 e. The molecule has 14 atom stereocenters. The summed E-state index contributed by atoms with van der Waals surface area (Å²) in [5.74, 6) is 1.67. The second kappa shape index (κ2) is 10.1. The van der Waals surface area contributed by atoms with Crippen LogP contribution in [0.5, 0.6) is 0 Å². The standard InChI is InChI=1S/C37H61NO7/c1-21-16-23(30(39)33(4,5)41)44-29-28(21)34(6)12-13-37-20-36(37)11-10-26(45-27-17-38(14-15-43-27)22-18-42-19-22)32(2,3)24(36)8-9-25(37)35(34,7)31(29)40/h21-31,39-41H,8-20H2,1-7H3/t21-,23-,24+,25+,26?,27+,28+,29+,30+,31+,34-,35-,36-,37+/m1/s1. The van der Waals surface area contributed by atoms with Crippen LogP contribution in [0.25, 0.3) is 0 Å². The molecule has 256 valence electrons. The molecule has 5 aliphatic carbocycles. The van der Waals surface area contributed by atoms with Crippen molar-refractivity contribution in [1.82, 2.24) is 4.90 Å². The normalized spacial score (nSPS) is 54.9. The van der Waals surface area contributed by atoms with Gasteiger partial charge in [0.1, 0.15) is 6.10 Å². The van der Waals surface area contributed by atoms with Gasteiger partial charge in [-0.15, -0.1) is 0 Å². The number of morpholine rings is 1. The summed E-state index contributed by atoms with van der Waals surface area (Å²) >= 11 is 0. The molecule has 0 aromatic rings. The molecule has 5 saturated carbocycles. The van der Waals surface area contributed by atoms with Crippen LogP contribution in [0.15, 0.2) is 0 Å². The van der Waals surface area contributed by atoms with Gasteiger partial charge in [-0.25, -0.2) is 0 Å². The van der Waals surface area contributed by atoms with Gasteiger partial charge < -0.3 is 34.3 Å². The molecule has 3 aliphatic heterocycles. The quantitative estimate of drug-likeness (QED) is 0.412. The molecule has 1 unspecified atom stereocenters. The SMILES string of the molecule is C[C@@H]1C[C@H]([C@H](O)C(C)(C)O)O[C@H]2[C@H]1[C@@]1(C)CC[C@@]34C[C@@]35CCC(O[C@H]3CN(C6COC6)CCO3)C(C)(C)[C@@H]5CC[C@H]4[C@]1(C)[C@H]2O. The third kappa shape index (κ3) is 4.12. The Balaban J connectivity index is 1.03. The highest BCUT2D eigenvalue weighted by molar-refractivity contribution is 5.33. The molecule has 0 radical (unpaired) electrons. The second-order valence-electron chi connectivity index (χ2n) is 18.8. The van der Waals surface area contributed by atoms with Crippen molar-refractivity contribution in [2.24, 2.45) is 50.7 Å². The van der Waals surface area contributed by atoms with Gasteiger partial charge in [-0.05, 0) is 111 Å². The lowest BCUT2D eigenvalue weighted by Gasteiger charge is -2.64. The van der Waals surface area contributed by atoms with Gasteiger partial charge in [0.25, 0.3) is 0 Å². The molecule has 0 amide bonds. The molecule has 8 heteroatoms. The molecule has 8 fully saturated rings. The number of hydrogen-bond donors (Lipinski definition) is 3. The highest BCUT2D eigenvalue weighted by Crippen LogP contribution is 2.89. The van der Waals surface area contributed by atoms with Crippen molar-refractivity contribution in [3.63, 3.8) is 0 Å². The Labute approximate surface area is 270 Å². The predicted octanol–water partition coefficient (Wildman–Crippen LogP) is 4.37. The van der Waals surface area contributed by atoms with E-state index in [0.29, 0.717) is 34.6 Å². The van der Waals surface area contributed by atoms with Gasteiger partial charge in [0, 0.05) is 12.0 Å². The Morgan fingerprint density at radius 3 is 2.38 bits per heavy atom. The van der Waals surface area contributed by atoms with E-state index in [1.165, 1.54) is 25.7 Å². The highest BCUT2D eigenvalue weighted by Gasteiger charge is 2.84. The fourth-order valence-corrected chi connectivity index (χ4v) is 13.9. The fraction of sp³-hybridized carbons (Fsp3) is 1.00. The molecular weight excluding hydrogens is 570 g/mol. The van der Waals surface area contributed by atoms with E-state index >= 15 is 0 Å². The molecule has 0 bridgehead atoms. The Kier molecular flexibility index (Phi) is 7.18. The number of nitrogens with zero attached hydrogens (tertiary/aromatic N) is 1. The smallest absolute Gasteiger partial charge is 0.170 e. The van der Waals surface area contributed by atoms with Crippen molar-refractivity contribution in [1.29, 1.82) is 0 Å². The number of aliphatic hydroxyl groups is 3. The first-order valence-corrected chi connectivity index (χ1v) is 18.4. The fourth-order valence-electron chi connectivity index (χ4n) is 13.9. The zero-order valence-corrected chi connectivity index (χ0v) is 29.0. The molecule has 8 rings (SSSR count). The maximum Gasteiger partial charge on any atom is 0.170 e. The summed E-state index contributed by atoms with van der Waals surface area (Å²) in [6, 6.07) is 0.517. The minimum atomic E-state index is -1.24. The van der Waals surface area contributed by atoms with E-state index in [2.05, 4.69) is 39.5 Å². The van der Waals surface area contributed by atoms with Crippen molar-refractivity contribution in [3.8, 4) is 0 Å². The van der Waals surface area contributed by atoms with Gasteiger partial charge >= 0.3 is 0 Å². The Morgan fingerprint density at radius 1 is 0.978 bits per heavy atom. The lowest BCUT2D eigenvalue weighted by atomic mass is 9.41. The van der Waals surface area contributed by atoms with E-state index in [1.807, 2.05) is 0 Å². The third-order valence-corrected chi connectivity index (χ3v) is 16.4. The number of fused-ring (bicyclic) bond motifs is 4.